The van der Waals surface area contributed by atoms with Crippen LogP contribution in [0.2, 0.25) is 0 Å². The van der Waals surface area contributed by atoms with Gasteiger partial charge in [0.05, 0.1) is 6.61 Å². The standard InChI is InChI=1S/C23H48N2O2/c1-2-3-4-5-6-7-8-9-10-11-12-13-14-15-16-18-23(27)25(21-22-26)20-17-19-24/h26H,2-22,24H2,1H3. The lowest BCUT2D eigenvalue weighted by molar-refractivity contribution is -0.131. The first kappa shape index (κ1) is 26.4. The quantitative estimate of drug-likeness (QED) is 0.260. The Morgan fingerprint density at radius 3 is 1.56 bits per heavy atom. The molecular formula is C23H48N2O2. The van der Waals surface area contributed by atoms with Crippen LogP contribution in [0, 0.1) is 0 Å². The Morgan fingerprint density at radius 1 is 0.704 bits per heavy atom. The molecule has 0 rings (SSSR count). The molecule has 0 unspecified atom stereocenters. The zero-order chi connectivity index (χ0) is 20.0. The van der Waals surface area contributed by atoms with Crippen LogP contribution in [-0.4, -0.2) is 42.2 Å². The number of hydrogen-bond acceptors (Lipinski definition) is 3. The Balaban J connectivity index is 3.35. The summed E-state index contributed by atoms with van der Waals surface area (Å²) in [4.78, 5) is 13.9. The summed E-state index contributed by atoms with van der Waals surface area (Å²) in [6, 6.07) is 0. The summed E-state index contributed by atoms with van der Waals surface area (Å²) >= 11 is 0. The number of aliphatic hydroxyl groups excluding tert-OH is 1. The van der Waals surface area contributed by atoms with Crippen molar-refractivity contribution in [2.45, 2.75) is 116 Å². The Labute approximate surface area is 169 Å². The van der Waals surface area contributed by atoms with Crippen LogP contribution in [0.15, 0.2) is 0 Å². The second kappa shape index (κ2) is 21.7. The highest BCUT2D eigenvalue weighted by Crippen LogP contribution is 2.14. The molecule has 162 valence electrons. The molecule has 4 heteroatoms. The van der Waals surface area contributed by atoms with Crippen molar-refractivity contribution in [3.63, 3.8) is 0 Å². The van der Waals surface area contributed by atoms with Gasteiger partial charge in [-0.25, -0.2) is 0 Å². The second-order valence-corrected chi connectivity index (χ2v) is 7.95. The maximum Gasteiger partial charge on any atom is 0.222 e. The van der Waals surface area contributed by atoms with Gasteiger partial charge in [-0.1, -0.05) is 96.8 Å². The van der Waals surface area contributed by atoms with E-state index in [4.69, 9.17) is 10.8 Å². The maximum absolute atomic E-state index is 12.1. The molecule has 0 radical (unpaired) electrons. The molecule has 0 fully saturated rings. The van der Waals surface area contributed by atoms with Crippen LogP contribution in [0.4, 0.5) is 0 Å². The highest BCUT2D eigenvalue weighted by Gasteiger charge is 2.11. The highest BCUT2D eigenvalue weighted by atomic mass is 16.3. The van der Waals surface area contributed by atoms with E-state index in [9.17, 15) is 4.79 Å². The van der Waals surface area contributed by atoms with Gasteiger partial charge in [0.25, 0.3) is 0 Å². The lowest BCUT2D eigenvalue weighted by atomic mass is 10.0. The molecule has 0 bridgehead atoms. The number of unbranched alkanes of at least 4 members (excludes halogenated alkanes) is 14. The van der Waals surface area contributed by atoms with Crippen molar-refractivity contribution in [3.8, 4) is 0 Å². The normalized spacial score (nSPS) is 11.1. The van der Waals surface area contributed by atoms with Crippen LogP contribution in [0.3, 0.4) is 0 Å². The van der Waals surface area contributed by atoms with Gasteiger partial charge in [0.15, 0.2) is 0 Å². The summed E-state index contributed by atoms with van der Waals surface area (Å²) in [5.41, 5.74) is 5.51. The molecule has 1 amide bonds. The summed E-state index contributed by atoms with van der Waals surface area (Å²) < 4.78 is 0. The van der Waals surface area contributed by atoms with Crippen molar-refractivity contribution in [1.29, 1.82) is 0 Å². The highest BCUT2D eigenvalue weighted by molar-refractivity contribution is 5.76. The molecule has 0 aromatic heterocycles. The van der Waals surface area contributed by atoms with Crippen molar-refractivity contribution in [2.75, 3.05) is 26.2 Å². The molecule has 27 heavy (non-hydrogen) atoms. The number of carbonyl (C=O) groups excluding carboxylic acids is 1. The molecule has 0 heterocycles. The molecular weight excluding hydrogens is 336 g/mol. The molecule has 0 saturated heterocycles. The zero-order valence-corrected chi connectivity index (χ0v) is 18.2. The minimum absolute atomic E-state index is 0.0369. The van der Waals surface area contributed by atoms with Gasteiger partial charge in [-0.3, -0.25) is 4.79 Å². The fourth-order valence-electron chi connectivity index (χ4n) is 3.57. The first-order valence-electron chi connectivity index (χ1n) is 11.8. The van der Waals surface area contributed by atoms with E-state index in [0.29, 0.717) is 26.1 Å². The van der Waals surface area contributed by atoms with E-state index >= 15 is 0 Å². The van der Waals surface area contributed by atoms with Crippen molar-refractivity contribution in [2.24, 2.45) is 5.73 Å². The Bertz CT molecular complexity index is 311. The average molecular weight is 385 g/mol. The first-order chi connectivity index (χ1) is 13.3. The number of aliphatic hydroxyl groups is 1. The molecule has 0 aliphatic rings. The van der Waals surface area contributed by atoms with Gasteiger partial charge in [0.2, 0.25) is 5.91 Å². The van der Waals surface area contributed by atoms with E-state index in [1.807, 2.05) is 0 Å². The Kier molecular flexibility index (Phi) is 21.2. The SMILES string of the molecule is CCCCCCCCCCCCCCCCCC(=O)N(CCO)CCCN. The first-order valence-corrected chi connectivity index (χ1v) is 11.8. The Morgan fingerprint density at radius 2 is 1.15 bits per heavy atom. The Hall–Kier alpha value is -0.610. The van der Waals surface area contributed by atoms with Gasteiger partial charge in [0.1, 0.15) is 0 Å². The van der Waals surface area contributed by atoms with Gasteiger partial charge < -0.3 is 15.7 Å². The smallest absolute Gasteiger partial charge is 0.222 e. The van der Waals surface area contributed by atoms with Gasteiger partial charge in [-0.15, -0.1) is 0 Å². The fourth-order valence-corrected chi connectivity index (χ4v) is 3.57. The summed E-state index contributed by atoms with van der Waals surface area (Å²) in [6.07, 6.45) is 21.5. The third-order valence-corrected chi connectivity index (χ3v) is 5.35. The average Bonchev–Trinajstić information content (AvgIpc) is 2.68. The van der Waals surface area contributed by atoms with E-state index in [0.717, 1.165) is 19.3 Å². The van der Waals surface area contributed by atoms with Gasteiger partial charge in [-0.2, -0.15) is 0 Å². The number of carbonyl (C=O) groups is 1. The predicted octanol–water partition coefficient (Wildman–Crippen LogP) is 5.42. The number of nitrogens with zero attached hydrogens (tertiary/aromatic N) is 1. The van der Waals surface area contributed by atoms with E-state index in [1.54, 1.807) is 4.90 Å². The molecule has 0 aromatic carbocycles. The lowest BCUT2D eigenvalue weighted by Crippen LogP contribution is -2.35. The molecule has 0 spiro atoms. The molecule has 0 aliphatic heterocycles. The van der Waals surface area contributed by atoms with Crippen LogP contribution in [0.1, 0.15) is 116 Å². The monoisotopic (exact) mass is 384 g/mol. The minimum atomic E-state index is 0.0369. The minimum Gasteiger partial charge on any atom is -0.395 e. The largest absolute Gasteiger partial charge is 0.395 e. The molecule has 0 aromatic rings. The third-order valence-electron chi connectivity index (χ3n) is 5.35. The number of amides is 1. The van der Waals surface area contributed by atoms with Crippen LogP contribution >= 0.6 is 0 Å². The van der Waals surface area contributed by atoms with Crippen LogP contribution in [0.5, 0.6) is 0 Å². The summed E-state index contributed by atoms with van der Waals surface area (Å²) in [5.74, 6) is 0.173. The second-order valence-electron chi connectivity index (χ2n) is 7.95. The van der Waals surface area contributed by atoms with Crippen molar-refractivity contribution >= 4 is 5.91 Å². The maximum atomic E-state index is 12.1. The van der Waals surface area contributed by atoms with Crippen LogP contribution < -0.4 is 5.73 Å². The fraction of sp³-hybridized carbons (Fsp3) is 0.957. The number of rotatable bonds is 21. The molecule has 0 aliphatic carbocycles. The van der Waals surface area contributed by atoms with E-state index in [2.05, 4.69) is 6.92 Å². The lowest BCUT2D eigenvalue weighted by Gasteiger charge is -2.21. The predicted molar refractivity (Wildman–Crippen MR) is 117 cm³/mol. The van der Waals surface area contributed by atoms with E-state index in [1.165, 1.54) is 83.5 Å². The third kappa shape index (κ3) is 18.5. The molecule has 4 nitrogen and oxygen atoms in total. The molecule has 3 N–H and O–H groups in total. The van der Waals surface area contributed by atoms with Gasteiger partial charge in [-0.05, 0) is 19.4 Å². The van der Waals surface area contributed by atoms with E-state index in [-0.39, 0.29) is 12.5 Å². The van der Waals surface area contributed by atoms with Crippen molar-refractivity contribution in [1.82, 2.24) is 4.90 Å². The van der Waals surface area contributed by atoms with Gasteiger partial charge >= 0.3 is 0 Å². The number of hydrogen-bond donors (Lipinski definition) is 2. The van der Waals surface area contributed by atoms with Gasteiger partial charge in [0, 0.05) is 19.5 Å². The topological polar surface area (TPSA) is 66.6 Å². The van der Waals surface area contributed by atoms with E-state index < -0.39 is 0 Å². The number of nitrogens with two attached hydrogens (primary N) is 1. The van der Waals surface area contributed by atoms with Crippen molar-refractivity contribution in [3.05, 3.63) is 0 Å². The molecule has 0 saturated carbocycles. The van der Waals surface area contributed by atoms with Crippen LogP contribution in [0.25, 0.3) is 0 Å². The van der Waals surface area contributed by atoms with Crippen LogP contribution in [-0.2, 0) is 4.79 Å². The zero-order valence-electron chi connectivity index (χ0n) is 18.2. The summed E-state index contributed by atoms with van der Waals surface area (Å²) in [5, 5.41) is 9.06. The molecule has 0 atom stereocenters. The van der Waals surface area contributed by atoms with Crippen molar-refractivity contribution < 1.29 is 9.90 Å². The summed E-state index contributed by atoms with van der Waals surface area (Å²) in [7, 11) is 0. The summed E-state index contributed by atoms with van der Waals surface area (Å²) in [6.45, 7) is 4.02.